The van der Waals surface area contributed by atoms with Gasteiger partial charge in [-0.1, -0.05) is 24.3 Å². The maximum atomic E-state index is 5.57. The molecule has 0 fully saturated rings. The Labute approximate surface area is 157 Å². The topological polar surface area (TPSA) is 72.1 Å². The molecule has 6 heteroatoms. The molecule has 136 valence electrons. The third-order valence-electron chi connectivity index (χ3n) is 4.36. The molecule has 0 unspecified atom stereocenters. The lowest BCUT2D eigenvalue weighted by Gasteiger charge is -2.13. The molecule has 0 saturated carbocycles. The van der Waals surface area contributed by atoms with Crippen molar-refractivity contribution in [1.82, 2.24) is 15.2 Å². The van der Waals surface area contributed by atoms with Crippen LogP contribution in [0.2, 0.25) is 0 Å². The molecule has 0 bridgehead atoms. The van der Waals surface area contributed by atoms with E-state index in [0.717, 1.165) is 39.2 Å². The molecule has 2 heterocycles. The number of methoxy groups -OCH3 is 2. The van der Waals surface area contributed by atoms with Gasteiger partial charge in [0.25, 0.3) is 0 Å². The number of fused-ring (bicyclic) bond motifs is 1. The van der Waals surface area contributed by atoms with E-state index in [0.29, 0.717) is 11.6 Å². The number of aromatic nitrogens is 3. The Morgan fingerprint density at radius 2 is 1.74 bits per heavy atom. The minimum absolute atomic E-state index is 0.691. The Kier molecular flexibility index (Phi) is 4.38. The van der Waals surface area contributed by atoms with Crippen molar-refractivity contribution in [2.45, 2.75) is 6.92 Å². The predicted molar refractivity (Wildman–Crippen MR) is 107 cm³/mol. The number of benzene rings is 2. The zero-order valence-electron chi connectivity index (χ0n) is 15.4. The summed E-state index contributed by atoms with van der Waals surface area (Å²) in [6, 6.07) is 17.7. The Morgan fingerprint density at radius 1 is 0.889 bits per heavy atom. The minimum Gasteiger partial charge on any atom is -0.497 e. The van der Waals surface area contributed by atoms with Gasteiger partial charge in [-0.25, -0.2) is 4.98 Å². The molecule has 0 aliphatic heterocycles. The summed E-state index contributed by atoms with van der Waals surface area (Å²) in [7, 11) is 3.33. The van der Waals surface area contributed by atoms with Gasteiger partial charge in [-0.05, 0) is 31.2 Å². The maximum absolute atomic E-state index is 5.57. The van der Waals surface area contributed by atoms with Crippen molar-refractivity contribution in [3.8, 4) is 22.8 Å². The predicted octanol–water partition coefficient (Wildman–Crippen LogP) is 4.69. The first-order chi connectivity index (χ1) is 13.2. The highest BCUT2D eigenvalue weighted by atomic mass is 16.5. The fourth-order valence-corrected chi connectivity index (χ4v) is 3.09. The Bertz CT molecular complexity index is 1100. The zero-order valence-corrected chi connectivity index (χ0v) is 15.4. The van der Waals surface area contributed by atoms with Crippen LogP contribution in [-0.2, 0) is 0 Å². The molecule has 2 N–H and O–H groups in total. The summed E-state index contributed by atoms with van der Waals surface area (Å²) >= 11 is 0. The number of nitrogens with zero attached hydrogens (tertiary/aromatic N) is 2. The van der Waals surface area contributed by atoms with E-state index in [-0.39, 0.29) is 0 Å². The quantitative estimate of drug-likeness (QED) is 0.540. The number of H-pyrrole nitrogens is 1. The van der Waals surface area contributed by atoms with Crippen molar-refractivity contribution in [3.05, 3.63) is 60.3 Å². The van der Waals surface area contributed by atoms with E-state index in [1.54, 1.807) is 14.2 Å². The van der Waals surface area contributed by atoms with Crippen molar-refractivity contribution in [3.63, 3.8) is 0 Å². The summed E-state index contributed by atoms with van der Waals surface area (Å²) in [5.74, 6) is 2.98. The molecule has 0 aliphatic rings. The first-order valence-electron chi connectivity index (χ1n) is 8.59. The van der Waals surface area contributed by atoms with Gasteiger partial charge in [-0.3, -0.25) is 5.10 Å². The monoisotopic (exact) mass is 360 g/mol. The average molecular weight is 360 g/mol. The van der Waals surface area contributed by atoms with Crippen molar-refractivity contribution < 1.29 is 9.47 Å². The third kappa shape index (κ3) is 3.29. The van der Waals surface area contributed by atoms with Crippen molar-refractivity contribution in [1.29, 1.82) is 0 Å². The highest BCUT2D eigenvalue weighted by Crippen LogP contribution is 2.35. The molecular formula is C21H20N4O2. The summed E-state index contributed by atoms with van der Waals surface area (Å²) < 4.78 is 11.0. The Morgan fingerprint density at radius 3 is 2.48 bits per heavy atom. The van der Waals surface area contributed by atoms with Gasteiger partial charge in [0.2, 0.25) is 0 Å². The second kappa shape index (κ2) is 6.99. The zero-order chi connectivity index (χ0) is 18.8. The Balaban J connectivity index is 1.92. The van der Waals surface area contributed by atoms with Crippen LogP contribution in [-0.4, -0.2) is 29.4 Å². The highest BCUT2D eigenvalue weighted by molar-refractivity contribution is 6.00. The fourth-order valence-electron chi connectivity index (χ4n) is 3.09. The number of hydrogen-bond acceptors (Lipinski definition) is 5. The number of rotatable bonds is 5. The minimum atomic E-state index is 0.691. The average Bonchev–Trinajstić information content (AvgIpc) is 3.11. The lowest BCUT2D eigenvalue weighted by atomic mass is 10.0. The van der Waals surface area contributed by atoms with E-state index in [4.69, 9.17) is 14.5 Å². The van der Waals surface area contributed by atoms with E-state index < -0.39 is 0 Å². The van der Waals surface area contributed by atoms with Crippen LogP contribution in [0.25, 0.3) is 22.0 Å². The smallest absolute Gasteiger partial charge is 0.153 e. The normalized spacial score (nSPS) is 10.8. The van der Waals surface area contributed by atoms with E-state index in [2.05, 4.69) is 15.5 Å². The molecule has 0 radical (unpaired) electrons. The lowest BCUT2D eigenvalue weighted by molar-refractivity contribution is 0.415. The number of aromatic amines is 1. The largest absolute Gasteiger partial charge is 0.497 e. The molecule has 0 spiro atoms. The molecule has 4 rings (SSSR count). The van der Waals surface area contributed by atoms with Gasteiger partial charge >= 0.3 is 0 Å². The third-order valence-corrected chi connectivity index (χ3v) is 4.36. The molecular weight excluding hydrogens is 340 g/mol. The number of pyridine rings is 1. The highest BCUT2D eigenvalue weighted by Gasteiger charge is 2.13. The molecule has 27 heavy (non-hydrogen) atoms. The number of anilines is 2. The second-order valence-corrected chi connectivity index (χ2v) is 6.20. The van der Waals surface area contributed by atoms with Gasteiger partial charge in [-0.15, -0.1) is 0 Å². The first kappa shape index (κ1) is 16.9. The number of hydrogen-bond donors (Lipinski definition) is 2. The van der Waals surface area contributed by atoms with Crippen LogP contribution in [0.4, 0.5) is 11.6 Å². The standard InChI is InChI=1S/C21H20N4O2/c1-13-10-20(25-24-13)22-19-12-17-16(8-5-9-18(17)27-3)21(23-19)14-6-4-7-15(11-14)26-2/h4-12H,1-3H3,(H2,22,23,24,25). The second-order valence-electron chi connectivity index (χ2n) is 6.20. The van der Waals surface area contributed by atoms with Crippen LogP contribution in [0.3, 0.4) is 0 Å². The van der Waals surface area contributed by atoms with Crippen LogP contribution in [0.1, 0.15) is 5.69 Å². The molecule has 2 aromatic carbocycles. The van der Waals surface area contributed by atoms with E-state index in [9.17, 15) is 0 Å². The summed E-state index contributed by atoms with van der Waals surface area (Å²) in [6.07, 6.45) is 0. The molecule has 2 aromatic heterocycles. The molecule has 0 amide bonds. The maximum Gasteiger partial charge on any atom is 0.153 e. The van der Waals surface area contributed by atoms with Crippen LogP contribution in [0.15, 0.2) is 54.6 Å². The summed E-state index contributed by atoms with van der Waals surface area (Å²) in [5, 5.41) is 12.4. The molecule has 0 atom stereocenters. The SMILES string of the molecule is COc1cccc(-c2nc(Nc3cc(C)[nH]n3)cc3c(OC)cccc23)c1. The summed E-state index contributed by atoms with van der Waals surface area (Å²) in [4.78, 5) is 4.85. The molecule has 4 aromatic rings. The number of nitrogens with one attached hydrogen (secondary N) is 2. The van der Waals surface area contributed by atoms with Crippen molar-refractivity contribution in [2.75, 3.05) is 19.5 Å². The van der Waals surface area contributed by atoms with Gasteiger partial charge in [0.15, 0.2) is 5.82 Å². The van der Waals surface area contributed by atoms with Crippen molar-refractivity contribution in [2.24, 2.45) is 0 Å². The van der Waals surface area contributed by atoms with Gasteiger partial charge < -0.3 is 14.8 Å². The summed E-state index contributed by atoms with van der Waals surface area (Å²) in [5.41, 5.74) is 2.79. The van der Waals surface area contributed by atoms with Crippen molar-refractivity contribution >= 4 is 22.4 Å². The Hall–Kier alpha value is -3.54. The van der Waals surface area contributed by atoms with Gasteiger partial charge in [-0.2, -0.15) is 5.10 Å². The molecule has 0 saturated heterocycles. The number of aryl methyl sites for hydroxylation is 1. The van der Waals surface area contributed by atoms with Crippen LogP contribution >= 0.6 is 0 Å². The van der Waals surface area contributed by atoms with Gasteiger partial charge in [0, 0.05) is 28.1 Å². The van der Waals surface area contributed by atoms with E-state index in [1.165, 1.54) is 0 Å². The number of ether oxygens (including phenoxy) is 2. The van der Waals surface area contributed by atoms with Gasteiger partial charge in [0.05, 0.1) is 19.9 Å². The molecule has 0 aliphatic carbocycles. The molecule has 6 nitrogen and oxygen atoms in total. The summed E-state index contributed by atoms with van der Waals surface area (Å²) in [6.45, 7) is 1.96. The van der Waals surface area contributed by atoms with Crippen LogP contribution in [0, 0.1) is 6.92 Å². The van der Waals surface area contributed by atoms with Crippen LogP contribution < -0.4 is 14.8 Å². The van der Waals surface area contributed by atoms with E-state index in [1.807, 2.05) is 61.5 Å². The fraction of sp³-hybridized carbons (Fsp3) is 0.143. The van der Waals surface area contributed by atoms with E-state index >= 15 is 0 Å². The van der Waals surface area contributed by atoms with Gasteiger partial charge in [0.1, 0.15) is 17.3 Å². The van der Waals surface area contributed by atoms with Crippen LogP contribution in [0.5, 0.6) is 11.5 Å². The lowest BCUT2D eigenvalue weighted by Crippen LogP contribution is -1.98. The first-order valence-corrected chi connectivity index (χ1v) is 8.59.